The molecule has 0 spiro atoms. The molecule has 0 N–H and O–H groups in total. The van der Waals surface area contributed by atoms with Crippen LogP contribution in [0.3, 0.4) is 0 Å². The molecule has 28 heavy (non-hydrogen) atoms. The van der Waals surface area contributed by atoms with Crippen LogP contribution in [0, 0.1) is 0 Å². The Balaban J connectivity index is 1.71. The molecule has 1 heterocycles. The van der Waals surface area contributed by atoms with E-state index in [1.54, 1.807) is 7.11 Å². The molecule has 0 amide bonds. The number of hydrogen-bond donors (Lipinski definition) is 0. The zero-order valence-corrected chi connectivity index (χ0v) is 16.2. The zero-order valence-electron chi connectivity index (χ0n) is 16.2. The highest BCUT2D eigenvalue weighted by Gasteiger charge is 2.50. The molecule has 3 heteroatoms. The normalized spacial score (nSPS) is 20.1. The van der Waals surface area contributed by atoms with E-state index < -0.39 is 0 Å². The van der Waals surface area contributed by atoms with Gasteiger partial charge in [0.2, 0.25) is 0 Å². The molecule has 0 radical (unpaired) electrons. The summed E-state index contributed by atoms with van der Waals surface area (Å²) in [5.74, 6) is 0. The average molecular weight is 371 g/mol. The maximum Gasteiger partial charge on any atom is 0.146 e. The topological polar surface area (TPSA) is 21.7 Å². The second-order valence-electron chi connectivity index (χ2n) is 7.60. The van der Waals surface area contributed by atoms with E-state index >= 15 is 0 Å². The fourth-order valence-corrected chi connectivity index (χ4v) is 5.06. The van der Waals surface area contributed by atoms with Crippen LogP contribution >= 0.6 is 0 Å². The molecule has 1 saturated heterocycles. The second kappa shape index (κ2) is 7.17. The van der Waals surface area contributed by atoms with E-state index in [1.807, 2.05) is 0 Å². The molecule has 1 unspecified atom stereocenters. The van der Waals surface area contributed by atoms with Crippen LogP contribution in [0.15, 0.2) is 78.9 Å². The van der Waals surface area contributed by atoms with Crippen LogP contribution in [-0.2, 0) is 15.0 Å². The summed E-state index contributed by atoms with van der Waals surface area (Å²) in [5, 5.41) is 0. The molecule has 2 aliphatic rings. The molecule has 142 valence electrons. The average Bonchev–Trinajstić information content (AvgIpc) is 3.34. The minimum atomic E-state index is -0.278. The molecule has 5 rings (SSSR count). The lowest BCUT2D eigenvalue weighted by Gasteiger charge is -2.41. The van der Waals surface area contributed by atoms with Gasteiger partial charge in [0.1, 0.15) is 6.79 Å². The highest BCUT2D eigenvalue weighted by molar-refractivity contribution is 5.83. The van der Waals surface area contributed by atoms with E-state index in [1.165, 1.54) is 27.8 Å². The molecular weight excluding hydrogens is 346 g/mol. The monoisotopic (exact) mass is 371 g/mol. The quantitative estimate of drug-likeness (QED) is 0.609. The van der Waals surface area contributed by atoms with Gasteiger partial charge in [0.25, 0.3) is 0 Å². The molecule has 3 aromatic rings. The minimum Gasteiger partial charge on any atom is -0.359 e. The number of likely N-dealkylation sites (tertiary alicyclic amines) is 1. The highest BCUT2D eigenvalue weighted by atomic mass is 16.7. The third-order valence-corrected chi connectivity index (χ3v) is 6.16. The summed E-state index contributed by atoms with van der Waals surface area (Å²) in [6.45, 7) is 2.23. The van der Waals surface area contributed by atoms with Crippen LogP contribution in [-0.4, -0.2) is 38.0 Å². The van der Waals surface area contributed by atoms with Gasteiger partial charge in [0.05, 0.1) is 11.6 Å². The van der Waals surface area contributed by atoms with E-state index in [0.717, 1.165) is 19.5 Å². The first-order valence-corrected chi connectivity index (χ1v) is 9.96. The van der Waals surface area contributed by atoms with E-state index in [2.05, 4.69) is 83.8 Å². The standard InChI is InChI=1S/C25H25NO2/c1-27-18-28-20-15-16-26(17-20)25(19-9-3-2-4-10-19)23-13-7-5-11-21(23)22-12-6-8-14-24(22)25/h2-14,20H,15-18H2,1H3. The van der Waals surface area contributed by atoms with E-state index in [9.17, 15) is 0 Å². The smallest absolute Gasteiger partial charge is 0.146 e. The molecular formula is C25H25NO2. The Morgan fingerprint density at radius 1 is 0.857 bits per heavy atom. The summed E-state index contributed by atoms with van der Waals surface area (Å²) in [5.41, 5.74) is 6.45. The van der Waals surface area contributed by atoms with Gasteiger partial charge in [-0.25, -0.2) is 0 Å². The van der Waals surface area contributed by atoms with Crippen molar-refractivity contribution in [3.8, 4) is 11.1 Å². The summed E-state index contributed by atoms with van der Waals surface area (Å²) in [4.78, 5) is 2.60. The van der Waals surface area contributed by atoms with Gasteiger partial charge in [-0.05, 0) is 34.2 Å². The van der Waals surface area contributed by atoms with Crippen molar-refractivity contribution in [1.82, 2.24) is 4.90 Å². The fourth-order valence-electron chi connectivity index (χ4n) is 5.06. The van der Waals surface area contributed by atoms with Crippen molar-refractivity contribution >= 4 is 0 Å². The van der Waals surface area contributed by atoms with E-state index in [-0.39, 0.29) is 11.6 Å². The van der Waals surface area contributed by atoms with Gasteiger partial charge in [-0.1, -0.05) is 78.9 Å². The molecule has 0 aromatic heterocycles. The number of benzene rings is 3. The fraction of sp³-hybridized carbons (Fsp3) is 0.280. The third kappa shape index (κ3) is 2.55. The van der Waals surface area contributed by atoms with Crippen molar-refractivity contribution in [3.63, 3.8) is 0 Å². The summed E-state index contributed by atoms with van der Waals surface area (Å²) in [6, 6.07) is 28.7. The summed E-state index contributed by atoms with van der Waals surface area (Å²) < 4.78 is 11.1. The predicted octanol–water partition coefficient (Wildman–Crippen LogP) is 4.65. The molecule has 3 nitrogen and oxygen atoms in total. The first-order valence-electron chi connectivity index (χ1n) is 9.96. The van der Waals surface area contributed by atoms with Crippen molar-refractivity contribution < 1.29 is 9.47 Å². The van der Waals surface area contributed by atoms with Gasteiger partial charge < -0.3 is 9.47 Å². The van der Waals surface area contributed by atoms with Crippen molar-refractivity contribution in [2.45, 2.75) is 18.1 Å². The highest BCUT2D eigenvalue weighted by Crippen LogP contribution is 2.54. The van der Waals surface area contributed by atoms with Crippen LogP contribution in [0.1, 0.15) is 23.1 Å². The number of hydrogen-bond acceptors (Lipinski definition) is 3. The number of rotatable bonds is 5. The Labute approximate surface area is 166 Å². The van der Waals surface area contributed by atoms with Crippen LogP contribution in [0.25, 0.3) is 11.1 Å². The molecule has 0 saturated carbocycles. The van der Waals surface area contributed by atoms with Crippen molar-refractivity contribution in [2.24, 2.45) is 0 Å². The molecule has 1 atom stereocenters. The zero-order chi connectivity index (χ0) is 19.0. The summed E-state index contributed by atoms with van der Waals surface area (Å²) in [6.07, 6.45) is 1.21. The van der Waals surface area contributed by atoms with Crippen LogP contribution in [0.2, 0.25) is 0 Å². The summed E-state index contributed by atoms with van der Waals surface area (Å²) in [7, 11) is 1.68. The largest absolute Gasteiger partial charge is 0.359 e. The molecule has 1 aliphatic carbocycles. The van der Waals surface area contributed by atoms with Crippen molar-refractivity contribution in [2.75, 3.05) is 27.0 Å². The van der Waals surface area contributed by atoms with Crippen LogP contribution < -0.4 is 0 Å². The lowest BCUT2D eigenvalue weighted by molar-refractivity contribution is -0.0686. The van der Waals surface area contributed by atoms with Crippen LogP contribution in [0.4, 0.5) is 0 Å². The van der Waals surface area contributed by atoms with E-state index in [4.69, 9.17) is 9.47 Å². The van der Waals surface area contributed by atoms with Gasteiger partial charge >= 0.3 is 0 Å². The minimum absolute atomic E-state index is 0.195. The number of methoxy groups -OCH3 is 1. The maximum absolute atomic E-state index is 5.93. The Morgan fingerprint density at radius 3 is 2.11 bits per heavy atom. The van der Waals surface area contributed by atoms with Crippen molar-refractivity contribution in [3.05, 3.63) is 95.6 Å². The first-order chi connectivity index (χ1) is 13.9. The Kier molecular flexibility index (Phi) is 4.52. The molecule has 0 bridgehead atoms. The molecule has 3 aromatic carbocycles. The van der Waals surface area contributed by atoms with Gasteiger partial charge in [-0.3, -0.25) is 4.90 Å². The number of nitrogens with zero attached hydrogens (tertiary/aromatic N) is 1. The van der Waals surface area contributed by atoms with Gasteiger partial charge in [-0.15, -0.1) is 0 Å². The summed E-state index contributed by atoms with van der Waals surface area (Å²) >= 11 is 0. The predicted molar refractivity (Wildman–Crippen MR) is 111 cm³/mol. The molecule has 1 fully saturated rings. The Hall–Kier alpha value is -2.46. The van der Waals surface area contributed by atoms with Crippen molar-refractivity contribution in [1.29, 1.82) is 0 Å². The lowest BCUT2D eigenvalue weighted by atomic mass is 9.79. The third-order valence-electron chi connectivity index (χ3n) is 6.16. The Morgan fingerprint density at radius 2 is 1.46 bits per heavy atom. The lowest BCUT2D eigenvalue weighted by Crippen LogP contribution is -2.46. The molecule has 1 aliphatic heterocycles. The number of ether oxygens (including phenoxy) is 2. The maximum atomic E-state index is 5.93. The van der Waals surface area contributed by atoms with Gasteiger partial charge in [-0.2, -0.15) is 0 Å². The van der Waals surface area contributed by atoms with Gasteiger partial charge in [0.15, 0.2) is 0 Å². The number of fused-ring (bicyclic) bond motifs is 3. The van der Waals surface area contributed by atoms with Gasteiger partial charge in [0, 0.05) is 20.2 Å². The SMILES string of the molecule is COCOC1CCN(C2(c3ccccc3)c3ccccc3-c3ccccc32)C1. The Bertz CT molecular complexity index is 924. The van der Waals surface area contributed by atoms with Crippen LogP contribution in [0.5, 0.6) is 0 Å². The van der Waals surface area contributed by atoms with E-state index in [0.29, 0.717) is 6.79 Å². The first kappa shape index (κ1) is 17.6. The second-order valence-corrected chi connectivity index (χ2v) is 7.60.